The minimum Gasteiger partial charge on any atom is -0.321 e. The van der Waals surface area contributed by atoms with Gasteiger partial charge in [-0.15, -0.1) is 11.3 Å². The van der Waals surface area contributed by atoms with Gasteiger partial charge in [0.15, 0.2) is 0 Å². The normalized spacial score (nSPS) is 19.2. The van der Waals surface area contributed by atoms with Crippen LogP contribution in [0.4, 0.5) is 0 Å². The Morgan fingerprint density at radius 2 is 1.95 bits per heavy atom. The molecule has 1 aromatic heterocycles. The predicted molar refractivity (Wildman–Crippen MR) is 82.7 cm³/mol. The molecule has 1 saturated carbocycles. The zero-order valence-electron chi connectivity index (χ0n) is 11.8. The quantitative estimate of drug-likeness (QED) is 0.873. The van der Waals surface area contributed by atoms with Crippen molar-refractivity contribution in [1.29, 1.82) is 0 Å². The SMILES string of the molecule is CC(C)c1nc2ccc(C3(N)CCCCC3)cc2s1. The molecular formula is C16H22N2S. The van der Waals surface area contributed by atoms with Gasteiger partial charge in [0.05, 0.1) is 15.2 Å². The van der Waals surface area contributed by atoms with Gasteiger partial charge in [0.2, 0.25) is 0 Å². The lowest BCUT2D eigenvalue weighted by molar-refractivity contribution is 0.302. The first-order chi connectivity index (χ1) is 9.08. The van der Waals surface area contributed by atoms with Crippen LogP contribution in [0.5, 0.6) is 0 Å². The molecule has 3 rings (SSSR count). The molecule has 0 unspecified atom stereocenters. The molecule has 102 valence electrons. The van der Waals surface area contributed by atoms with E-state index >= 15 is 0 Å². The summed E-state index contributed by atoms with van der Waals surface area (Å²) in [6.07, 6.45) is 6.09. The molecule has 1 aliphatic carbocycles. The lowest BCUT2D eigenvalue weighted by Crippen LogP contribution is -2.38. The van der Waals surface area contributed by atoms with Crippen LogP contribution in [0.15, 0.2) is 18.2 Å². The zero-order valence-corrected chi connectivity index (χ0v) is 12.6. The smallest absolute Gasteiger partial charge is 0.0963 e. The summed E-state index contributed by atoms with van der Waals surface area (Å²) in [5, 5.41) is 1.22. The van der Waals surface area contributed by atoms with E-state index in [2.05, 4.69) is 32.0 Å². The summed E-state index contributed by atoms with van der Waals surface area (Å²) in [5.41, 5.74) is 8.95. The zero-order chi connectivity index (χ0) is 13.5. The summed E-state index contributed by atoms with van der Waals surface area (Å²) in [6, 6.07) is 6.62. The molecule has 0 spiro atoms. The molecule has 1 aromatic carbocycles. The van der Waals surface area contributed by atoms with Crippen LogP contribution in [-0.2, 0) is 5.54 Å². The van der Waals surface area contributed by atoms with E-state index in [1.165, 1.54) is 34.5 Å². The van der Waals surface area contributed by atoms with Gasteiger partial charge in [-0.2, -0.15) is 0 Å². The Morgan fingerprint density at radius 3 is 2.63 bits per heavy atom. The predicted octanol–water partition coefficient (Wildman–Crippen LogP) is 4.54. The highest BCUT2D eigenvalue weighted by molar-refractivity contribution is 7.18. The average molecular weight is 274 g/mol. The summed E-state index contributed by atoms with van der Waals surface area (Å²) in [4.78, 5) is 4.70. The van der Waals surface area contributed by atoms with Gasteiger partial charge in [-0.05, 0) is 30.5 Å². The van der Waals surface area contributed by atoms with E-state index in [1.54, 1.807) is 0 Å². The third kappa shape index (κ3) is 2.41. The van der Waals surface area contributed by atoms with E-state index in [1.807, 2.05) is 11.3 Å². The lowest BCUT2D eigenvalue weighted by atomic mass is 9.77. The Bertz CT molecular complexity index is 579. The fraction of sp³-hybridized carbons (Fsp3) is 0.562. The van der Waals surface area contributed by atoms with Crippen molar-refractivity contribution >= 4 is 21.6 Å². The minimum absolute atomic E-state index is 0.103. The molecule has 0 saturated heterocycles. The van der Waals surface area contributed by atoms with E-state index in [9.17, 15) is 0 Å². The van der Waals surface area contributed by atoms with Crippen molar-refractivity contribution in [2.24, 2.45) is 5.73 Å². The van der Waals surface area contributed by atoms with Crippen molar-refractivity contribution in [3.05, 3.63) is 28.8 Å². The standard InChI is InChI=1S/C16H22N2S/c1-11(2)15-18-13-7-6-12(10-14(13)19-15)16(17)8-4-3-5-9-16/h6-7,10-11H,3-5,8-9,17H2,1-2H3. The molecule has 19 heavy (non-hydrogen) atoms. The topological polar surface area (TPSA) is 38.9 Å². The van der Waals surface area contributed by atoms with Crippen LogP contribution in [0.1, 0.15) is 62.4 Å². The van der Waals surface area contributed by atoms with Gasteiger partial charge < -0.3 is 5.73 Å². The first-order valence-corrected chi connectivity index (χ1v) is 8.10. The largest absolute Gasteiger partial charge is 0.321 e. The van der Waals surface area contributed by atoms with Crippen molar-refractivity contribution < 1.29 is 0 Å². The minimum atomic E-state index is -0.103. The van der Waals surface area contributed by atoms with E-state index < -0.39 is 0 Å². The van der Waals surface area contributed by atoms with Crippen molar-refractivity contribution in [3.63, 3.8) is 0 Å². The van der Waals surface area contributed by atoms with Crippen molar-refractivity contribution in [3.8, 4) is 0 Å². The number of thiazole rings is 1. The van der Waals surface area contributed by atoms with Crippen LogP contribution < -0.4 is 5.73 Å². The molecule has 3 heteroatoms. The van der Waals surface area contributed by atoms with Gasteiger partial charge in [-0.1, -0.05) is 39.2 Å². The molecule has 0 atom stereocenters. The third-order valence-corrected chi connectivity index (χ3v) is 5.54. The van der Waals surface area contributed by atoms with Crippen LogP contribution in [0.25, 0.3) is 10.2 Å². The Balaban J connectivity index is 2.01. The highest BCUT2D eigenvalue weighted by Crippen LogP contribution is 2.37. The molecule has 0 radical (unpaired) electrons. The molecule has 1 fully saturated rings. The number of aromatic nitrogens is 1. The second-order valence-electron chi connectivity index (χ2n) is 6.11. The molecular weight excluding hydrogens is 252 g/mol. The monoisotopic (exact) mass is 274 g/mol. The first kappa shape index (κ1) is 13.1. The summed E-state index contributed by atoms with van der Waals surface area (Å²) in [7, 11) is 0. The maximum Gasteiger partial charge on any atom is 0.0963 e. The number of rotatable bonds is 2. The molecule has 0 amide bonds. The molecule has 1 aliphatic rings. The lowest BCUT2D eigenvalue weighted by Gasteiger charge is -2.33. The number of hydrogen-bond donors (Lipinski definition) is 1. The van der Waals surface area contributed by atoms with Gasteiger partial charge >= 0.3 is 0 Å². The third-order valence-electron chi connectivity index (χ3n) is 4.22. The van der Waals surface area contributed by atoms with E-state index in [0.717, 1.165) is 18.4 Å². The van der Waals surface area contributed by atoms with E-state index in [4.69, 9.17) is 10.7 Å². The van der Waals surface area contributed by atoms with Crippen molar-refractivity contribution in [2.45, 2.75) is 57.4 Å². The second-order valence-corrected chi connectivity index (χ2v) is 7.17. The highest BCUT2D eigenvalue weighted by atomic mass is 32.1. The molecule has 1 heterocycles. The Kier molecular flexibility index (Phi) is 3.35. The number of benzene rings is 1. The average Bonchev–Trinajstić information content (AvgIpc) is 2.82. The number of nitrogens with zero attached hydrogens (tertiary/aromatic N) is 1. The van der Waals surface area contributed by atoms with Gasteiger partial charge in [0, 0.05) is 11.5 Å². The van der Waals surface area contributed by atoms with Gasteiger partial charge in [0.25, 0.3) is 0 Å². The van der Waals surface area contributed by atoms with Gasteiger partial charge in [-0.25, -0.2) is 4.98 Å². The maximum absolute atomic E-state index is 6.62. The van der Waals surface area contributed by atoms with Crippen LogP contribution in [0.2, 0.25) is 0 Å². The highest BCUT2D eigenvalue weighted by Gasteiger charge is 2.29. The summed E-state index contributed by atoms with van der Waals surface area (Å²) in [5.74, 6) is 0.502. The number of fused-ring (bicyclic) bond motifs is 1. The van der Waals surface area contributed by atoms with Crippen molar-refractivity contribution in [1.82, 2.24) is 4.98 Å². The van der Waals surface area contributed by atoms with E-state index in [0.29, 0.717) is 5.92 Å². The summed E-state index contributed by atoms with van der Waals surface area (Å²) in [6.45, 7) is 4.40. The second kappa shape index (κ2) is 4.88. The Hall–Kier alpha value is -0.930. The molecule has 2 N–H and O–H groups in total. The van der Waals surface area contributed by atoms with Gasteiger partial charge in [-0.3, -0.25) is 0 Å². The van der Waals surface area contributed by atoms with Crippen molar-refractivity contribution in [2.75, 3.05) is 0 Å². The molecule has 2 nitrogen and oxygen atoms in total. The van der Waals surface area contributed by atoms with Crippen LogP contribution in [0.3, 0.4) is 0 Å². The fourth-order valence-corrected chi connectivity index (χ4v) is 3.98. The van der Waals surface area contributed by atoms with Crippen LogP contribution >= 0.6 is 11.3 Å². The Morgan fingerprint density at radius 1 is 1.21 bits per heavy atom. The summed E-state index contributed by atoms with van der Waals surface area (Å²) < 4.78 is 1.29. The number of nitrogens with two attached hydrogens (primary N) is 1. The Labute approximate surface area is 119 Å². The summed E-state index contributed by atoms with van der Waals surface area (Å²) >= 11 is 1.82. The van der Waals surface area contributed by atoms with Crippen LogP contribution in [-0.4, -0.2) is 4.98 Å². The fourth-order valence-electron chi connectivity index (χ4n) is 2.97. The van der Waals surface area contributed by atoms with Crippen LogP contribution in [0, 0.1) is 0 Å². The molecule has 0 aliphatic heterocycles. The molecule has 0 bridgehead atoms. The van der Waals surface area contributed by atoms with Gasteiger partial charge in [0.1, 0.15) is 0 Å². The maximum atomic E-state index is 6.62. The van der Waals surface area contributed by atoms with E-state index in [-0.39, 0.29) is 5.54 Å². The molecule has 2 aromatic rings. The first-order valence-electron chi connectivity index (χ1n) is 7.28. The number of hydrogen-bond acceptors (Lipinski definition) is 3.